The van der Waals surface area contributed by atoms with Crippen LogP contribution in [0.25, 0.3) is 0 Å². The smallest absolute Gasteiger partial charge is 0.258 e. The lowest BCUT2D eigenvalue weighted by molar-refractivity contribution is -0.123. The van der Waals surface area contributed by atoms with Gasteiger partial charge in [-0.25, -0.2) is 0 Å². The van der Waals surface area contributed by atoms with E-state index in [-0.39, 0.29) is 36.5 Å². The SMILES string of the molecule is CN=C(NCc1ccc(OC)cc1)NCc1cccc(OCC(=O)NC2CC2)c1.I. The van der Waals surface area contributed by atoms with Crippen molar-refractivity contribution in [3.8, 4) is 11.5 Å². The van der Waals surface area contributed by atoms with Gasteiger partial charge in [0.1, 0.15) is 11.5 Å². The zero-order valence-electron chi connectivity index (χ0n) is 17.3. The lowest BCUT2D eigenvalue weighted by Gasteiger charge is -2.13. The van der Waals surface area contributed by atoms with Crippen LogP contribution in [0.2, 0.25) is 0 Å². The number of nitrogens with one attached hydrogen (secondary N) is 3. The largest absolute Gasteiger partial charge is 0.497 e. The molecule has 0 spiro atoms. The first-order valence-electron chi connectivity index (χ1n) is 9.75. The molecule has 30 heavy (non-hydrogen) atoms. The number of halogens is 1. The van der Waals surface area contributed by atoms with Crippen LogP contribution < -0.4 is 25.4 Å². The molecule has 0 unspecified atom stereocenters. The summed E-state index contributed by atoms with van der Waals surface area (Å²) in [5.41, 5.74) is 2.17. The molecule has 0 aliphatic heterocycles. The Balaban J connectivity index is 0.00000320. The van der Waals surface area contributed by atoms with Gasteiger partial charge in [-0.15, -0.1) is 24.0 Å². The number of benzene rings is 2. The summed E-state index contributed by atoms with van der Waals surface area (Å²) in [5.74, 6) is 2.15. The van der Waals surface area contributed by atoms with E-state index in [1.807, 2.05) is 48.5 Å². The highest BCUT2D eigenvalue weighted by Gasteiger charge is 2.23. The van der Waals surface area contributed by atoms with Crippen molar-refractivity contribution in [3.05, 3.63) is 59.7 Å². The normalized spacial score (nSPS) is 13.1. The number of methoxy groups -OCH3 is 1. The lowest BCUT2D eigenvalue weighted by atomic mass is 10.2. The number of ether oxygens (including phenoxy) is 2. The van der Waals surface area contributed by atoms with E-state index in [4.69, 9.17) is 9.47 Å². The summed E-state index contributed by atoms with van der Waals surface area (Å²) in [6.07, 6.45) is 2.14. The van der Waals surface area contributed by atoms with E-state index in [1.54, 1.807) is 14.2 Å². The summed E-state index contributed by atoms with van der Waals surface area (Å²) in [7, 11) is 3.39. The van der Waals surface area contributed by atoms with Gasteiger partial charge in [0.05, 0.1) is 7.11 Å². The highest BCUT2D eigenvalue weighted by molar-refractivity contribution is 14.0. The van der Waals surface area contributed by atoms with Crippen molar-refractivity contribution in [1.82, 2.24) is 16.0 Å². The first-order valence-corrected chi connectivity index (χ1v) is 9.75. The van der Waals surface area contributed by atoms with Crippen LogP contribution in [0.15, 0.2) is 53.5 Å². The maximum absolute atomic E-state index is 11.8. The molecule has 0 radical (unpaired) electrons. The van der Waals surface area contributed by atoms with Crippen molar-refractivity contribution >= 4 is 35.8 Å². The molecular formula is C22H29IN4O3. The van der Waals surface area contributed by atoms with Crippen LogP contribution in [-0.4, -0.2) is 38.7 Å². The fourth-order valence-corrected chi connectivity index (χ4v) is 2.73. The van der Waals surface area contributed by atoms with Crippen LogP contribution in [0.4, 0.5) is 0 Å². The number of carbonyl (C=O) groups excluding carboxylic acids is 1. The second kappa shape index (κ2) is 12.3. The fourth-order valence-electron chi connectivity index (χ4n) is 2.73. The summed E-state index contributed by atoms with van der Waals surface area (Å²) in [6.45, 7) is 1.29. The molecule has 1 amide bonds. The Labute approximate surface area is 194 Å². The van der Waals surface area contributed by atoms with E-state index in [2.05, 4.69) is 20.9 Å². The molecule has 0 saturated heterocycles. The van der Waals surface area contributed by atoms with Gasteiger partial charge in [-0.2, -0.15) is 0 Å². The molecule has 1 saturated carbocycles. The molecule has 0 bridgehead atoms. The highest BCUT2D eigenvalue weighted by atomic mass is 127. The van der Waals surface area contributed by atoms with Crippen LogP contribution in [0.3, 0.4) is 0 Å². The summed E-state index contributed by atoms with van der Waals surface area (Å²) < 4.78 is 10.8. The van der Waals surface area contributed by atoms with Crippen molar-refractivity contribution in [1.29, 1.82) is 0 Å². The molecular weight excluding hydrogens is 495 g/mol. The van der Waals surface area contributed by atoms with Crippen molar-refractivity contribution < 1.29 is 14.3 Å². The Morgan fingerprint density at radius 2 is 1.73 bits per heavy atom. The van der Waals surface area contributed by atoms with E-state index < -0.39 is 0 Å². The second-order valence-electron chi connectivity index (χ2n) is 6.91. The van der Waals surface area contributed by atoms with Crippen molar-refractivity contribution in [2.24, 2.45) is 4.99 Å². The molecule has 2 aromatic rings. The molecule has 3 N–H and O–H groups in total. The Morgan fingerprint density at radius 1 is 1.03 bits per heavy atom. The van der Waals surface area contributed by atoms with E-state index in [9.17, 15) is 4.79 Å². The lowest BCUT2D eigenvalue weighted by Crippen LogP contribution is -2.36. The highest BCUT2D eigenvalue weighted by Crippen LogP contribution is 2.18. The molecule has 0 atom stereocenters. The predicted molar refractivity (Wildman–Crippen MR) is 129 cm³/mol. The molecule has 0 aromatic heterocycles. The Morgan fingerprint density at radius 3 is 2.37 bits per heavy atom. The quantitative estimate of drug-likeness (QED) is 0.267. The Hall–Kier alpha value is -2.49. The number of guanidine groups is 1. The third-order valence-corrected chi connectivity index (χ3v) is 4.51. The van der Waals surface area contributed by atoms with Gasteiger partial charge in [-0.3, -0.25) is 9.79 Å². The molecule has 2 aromatic carbocycles. The zero-order valence-corrected chi connectivity index (χ0v) is 19.6. The number of amides is 1. The van der Waals surface area contributed by atoms with Crippen LogP contribution >= 0.6 is 24.0 Å². The molecule has 8 heteroatoms. The average molecular weight is 524 g/mol. The van der Waals surface area contributed by atoms with Gasteiger partial charge in [-0.1, -0.05) is 24.3 Å². The third-order valence-electron chi connectivity index (χ3n) is 4.51. The van der Waals surface area contributed by atoms with Crippen LogP contribution in [0.1, 0.15) is 24.0 Å². The molecule has 0 heterocycles. The van der Waals surface area contributed by atoms with Crippen LogP contribution in [0.5, 0.6) is 11.5 Å². The number of rotatable bonds is 9. The number of nitrogens with zero attached hydrogens (tertiary/aromatic N) is 1. The number of hydrogen-bond acceptors (Lipinski definition) is 4. The van der Waals surface area contributed by atoms with Gasteiger partial charge in [0, 0.05) is 26.2 Å². The molecule has 1 fully saturated rings. The minimum absolute atomic E-state index is 0. The van der Waals surface area contributed by atoms with Crippen LogP contribution in [0, 0.1) is 0 Å². The number of carbonyl (C=O) groups is 1. The third kappa shape index (κ3) is 8.10. The second-order valence-corrected chi connectivity index (χ2v) is 6.91. The van der Waals surface area contributed by atoms with Gasteiger partial charge in [0.2, 0.25) is 0 Å². The van der Waals surface area contributed by atoms with Crippen molar-refractivity contribution in [2.75, 3.05) is 20.8 Å². The van der Waals surface area contributed by atoms with Crippen LogP contribution in [-0.2, 0) is 17.9 Å². The monoisotopic (exact) mass is 524 g/mol. The van der Waals surface area contributed by atoms with E-state index in [0.717, 1.165) is 29.7 Å². The summed E-state index contributed by atoms with van der Waals surface area (Å²) >= 11 is 0. The summed E-state index contributed by atoms with van der Waals surface area (Å²) in [5, 5.41) is 9.48. The first kappa shape index (κ1) is 23.8. The van der Waals surface area contributed by atoms with Gasteiger partial charge in [0.25, 0.3) is 5.91 Å². The number of aliphatic imine (C=N–C) groups is 1. The summed E-state index contributed by atoms with van der Waals surface area (Å²) in [6, 6.07) is 15.9. The van der Waals surface area contributed by atoms with Gasteiger partial charge < -0.3 is 25.4 Å². The maximum atomic E-state index is 11.8. The minimum atomic E-state index is -0.0702. The average Bonchev–Trinajstić information content (AvgIpc) is 3.57. The molecule has 162 valence electrons. The minimum Gasteiger partial charge on any atom is -0.497 e. The van der Waals surface area contributed by atoms with E-state index in [1.165, 1.54) is 0 Å². The number of hydrogen-bond donors (Lipinski definition) is 3. The van der Waals surface area contributed by atoms with Gasteiger partial charge in [0.15, 0.2) is 12.6 Å². The van der Waals surface area contributed by atoms with Gasteiger partial charge in [-0.05, 0) is 48.2 Å². The molecule has 7 nitrogen and oxygen atoms in total. The zero-order chi connectivity index (χ0) is 20.5. The van der Waals surface area contributed by atoms with Crippen molar-refractivity contribution in [3.63, 3.8) is 0 Å². The topological polar surface area (TPSA) is 84.0 Å². The van der Waals surface area contributed by atoms with E-state index in [0.29, 0.717) is 30.8 Å². The van der Waals surface area contributed by atoms with Crippen molar-refractivity contribution in [2.45, 2.75) is 32.0 Å². The predicted octanol–water partition coefficient (Wildman–Crippen LogP) is 2.84. The fraction of sp³-hybridized carbons (Fsp3) is 0.364. The molecule has 1 aliphatic carbocycles. The standard InChI is InChI=1S/C22H28N4O3.HI/c1-23-22(24-13-16-6-10-19(28-2)11-7-16)25-14-17-4-3-5-20(12-17)29-15-21(27)26-18-8-9-18;/h3-7,10-12,18H,8-9,13-15H2,1-2H3,(H,26,27)(H2,23,24,25);1H. The molecule has 1 aliphatic rings. The first-order chi connectivity index (χ1) is 14.2. The van der Waals surface area contributed by atoms with E-state index >= 15 is 0 Å². The van der Waals surface area contributed by atoms with Gasteiger partial charge >= 0.3 is 0 Å². The maximum Gasteiger partial charge on any atom is 0.258 e. The molecule has 3 rings (SSSR count). The summed E-state index contributed by atoms with van der Waals surface area (Å²) in [4.78, 5) is 16.0. The Bertz CT molecular complexity index is 839. The Kier molecular flexibility index (Phi) is 9.72.